The van der Waals surface area contributed by atoms with Crippen molar-refractivity contribution in [2.75, 3.05) is 18.1 Å². The van der Waals surface area contributed by atoms with Crippen molar-refractivity contribution in [2.45, 2.75) is 6.92 Å². The van der Waals surface area contributed by atoms with Gasteiger partial charge >= 0.3 is 0 Å². The van der Waals surface area contributed by atoms with Gasteiger partial charge in [-0.05, 0) is 24.6 Å². The molecule has 0 aliphatic rings. The van der Waals surface area contributed by atoms with Gasteiger partial charge in [0, 0.05) is 22.8 Å². The summed E-state index contributed by atoms with van der Waals surface area (Å²) in [5.41, 5.74) is 8.21. The van der Waals surface area contributed by atoms with Crippen molar-refractivity contribution >= 4 is 32.1 Å². The minimum atomic E-state index is 0.915. The maximum atomic E-state index is 5.87. The molecule has 1 heterocycles. The molecule has 13 heavy (non-hydrogen) atoms. The summed E-state index contributed by atoms with van der Waals surface area (Å²) in [4.78, 5) is 0. The first-order valence-corrected chi connectivity index (χ1v) is 5.01. The molecule has 0 fully saturated rings. The molecule has 0 amide bonds. The van der Waals surface area contributed by atoms with Crippen LogP contribution in [0.15, 0.2) is 18.2 Å². The van der Waals surface area contributed by atoms with Crippen molar-refractivity contribution < 1.29 is 0 Å². The highest BCUT2D eigenvalue weighted by molar-refractivity contribution is 7.23. The third-order valence-electron chi connectivity index (χ3n) is 2.26. The van der Waals surface area contributed by atoms with Crippen LogP contribution in [0.2, 0.25) is 0 Å². The number of anilines is 2. The van der Waals surface area contributed by atoms with Crippen LogP contribution in [0, 0.1) is 6.92 Å². The molecule has 0 atom stereocenters. The normalized spacial score (nSPS) is 10.6. The molecule has 0 spiro atoms. The molecule has 2 nitrogen and oxygen atoms in total. The second kappa shape index (κ2) is 2.92. The monoisotopic (exact) mass is 192 g/mol. The molecule has 0 aliphatic heterocycles. The molecule has 2 aromatic rings. The average Bonchev–Trinajstić information content (AvgIpc) is 2.43. The lowest BCUT2D eigenvalue weighted by Gasteiger charge is -2.02. The number of rotatable bonds is 1. The molecule has 0 bridgehead atoms. The van der Waals surface area contributed by atoms with Gasteiger partial charge in [-0.1, -0.05) is 6.07 Å². The summed E-state index contributed by atoms with van der Waals surface area (Å²) in [5.74, 6) is 0. The second-order valence-corrected chi connectivity index (χ2v) is 4.10. The standard InChI is InChI=1S/C10H12N2S/c1-6-9-7(12-2)4-3-5-8(9)13-10(6)11/h3-5,12H,11H2,1-2H3. The molecular formula is C10H12N2S. The maximum absolute atomic E-state index is 5.87. The van der Waals surface area contributed by atoms with Crippen LogP contribution in [0.4, 0.5) is 10.7 Å². The number of hydrogen-bond donors (Lipinski definition) is 2. The molecule has 0 saturated heterocycles. The zero-order chi connectivity index (χ0) is 9.42. The summed E-state index contributed by atoms with van der Waals surface area (Å²) in [5, 5.41) is 5.35. The van der Waals surface area contributed by atoms with Crippen LogP contribution in [-0.2, 0) is 0 Å². The Morgan fingerprint density at radius 1 is 1.38 bits per heavy atom. The molecule has 0 saturated carbocycles. The van der Waals surface area contributed by atoms with Gasteiger partial charge in [0.05, 0.1) is 5.00 Å². The van der Waals surface area contributed by atoms with Crippen LogP contribution >= 0.6 is 11.3 Å². The Hall–Kier alpha value is -1.22. The number of aryl methyl sites for hydroxylation is 1. The van der Waals surface area contributed by atoms with E-state index in [2.05, 4.69) is 24.4 Å². The fourth-order valence-corrected chi connectivity index (χ4v) is 2.53. The molecule has 0 unspecified atom stereocenters. The fraction of sp³-hybridized carbons (Fsp3) is 0.200. The quantitative estimate of drug-likeness (QED) is 0.729. The Kier molecular flexibility index (Phi) is 1.88. The summed E-state index contributed by atoms with van der Waals surface area (Å²) >= 11 is 1.65. The van der Waals surface area contributed by atoms with Crippen LogP contribution in [0.25, 0.3) is 10.1 Å². The molecule has 0 radical (unpaired) electrons. The van der Waals surface area contributed by atoms with Gasteiger partial charge in [0.25, 0.3) is 0 Å². The Labute approximate surface area is 81.4 Å². The van der Waals surface area contributed by atoms with Gasteiger partial charge in [-0.3, -0.25) is 0 Å². The predicted molar refractivity (Wildman–Crippen MR) is 60.5 cm³/mol. The van der Waals surface area contributed by atoms with Crippen LogP contribution < -0.4 is 11.1 Å². The summed E-state index contributed by atoms with van der Waals surface area (Å²) in [6.45, 7) is 2.06. The molecule has 1 aromatic carbocycles. The van der Waals surface area contributed by atoms with Gasteiger partial charge in [0.1, 0.15) is 0 Å². The van der Waals surface area contributed by atoms with Crippen LogP contribution in [-0.4, -0.2) is 7.05 Å². The average molecular weight is 192 g/mol. The van der Waals surface area contributed by atoms with E-state index in [1.165, 1.54) is 15.6 Å². The van der Waals surface area contributed by atoms with Gasteiger partial charge in [-0.15, -0.1) is 11.3 Å². The van der Waals surface area contributed by atoms with Crippen LogP contribution in [0.3, 0.4) is 0 Å². The van der Waals surface area contributed by atoms with Crippen LogP contribution in [0.1, 0.15) is 5.56 Å². The highest BCUT2D eigenvalue weighted by atomic mass is 32.1. The van der Waals surface area contributed by atoms with Crippen molar-refractivity contribution in [1.29, 1.82) is 0 Å². The maximum Gasteiger partial charge on any atom is 0.0899 e. The van der Waals surface area contributed by atoms with E-state index in [-0.39, 0.29) is 0 Å². The minimum Gasteiger partial charge on any atom is -0.390 e. The largest absolute Gasteiger partial charge is 0.390 e. The zero-order valence-corrected chi connectivity index (χ0v) is 8.53. The van der Waals surface area contributed by atoms with E-state index in [1.807, 2.05) is 13.1 Å². The first kappa shape index (κ1) is 8.38. The molecule has 1 aromatic heterocycles. The van der Waals surface area contributed by atoms with Gasteiger partial charge in [-0.2, -0.15) is 0 Å². The van der Waals surface area contributed by atoms with Crippen LogP contribution in [0.5, 0.6) is 0 Å². The summed E-state index contributed by atoms with van der Waals surface area (Å²) < 4.78 is 1.25. The van der Waals surface area contributed by atoms with Crippen molar-refractivity contribution in [2.24, 2.45) is 0 Å². The van der Waals surface area contributed by atoms with E-state index in [0.717, 1.165) is 10.7 Å². The van der Waals surface area contributed by atoms with Crippen molar-refractivity contribution in [1.82, 2.24) is 0 Å². The summed E-state index contributed by atoms with van der Waals surface area (Å²) in [6.07, 6.45) is 0. The van der Waals surface area contributed by atoms with Crippen molar-refractivity contribution in [3.63, 3.8) is 0 Å². The molecule has 3 heteroatoms. The Balaban J connectivity index is 2.87. The molecule has 3 N–H and O–H groups in total. The lowest BCUT2D eigenvalue weighted by atomic mass is 10.1. The number of hydrogen-bond acceptors (Lipinski definition) is 3. The first-order valence-electron chi connectivity index (χ1n) is 4.19. The van der Waals surface area contributed by atoms with Crippen molar-refractivity contribution in [3.8, 4) is 0 Å². The lowest BCUT2D eigenvalue weighted by molar-refractivity contribution is 1.52. The highest BCUT2D eigenvalue weighted by Gasteiger charge is 2.08. The fourth-order valence-electron chi connectivity index (χ4n) is 1.53. The predicted octanol–water partition coefficient (Wildman–Crippen LogP) is 2.83. The SMILES string of the molecule is CNc1cccc2sc(N)c(C)c12. The number of nitrogen functional groups attached to an aromatic ring is 1. The number of thiophene rings is 1. The minimum absolute atomic E-state index is 0.915. The molecule has 2 rings (SSSR count). The van der Waals surface area contributed by atoms with E-state index >= 15 is 0 Å². The Morgan fingerprint density at radius 2 is 2.15 bits per heavy atom. The second-order valence-electron chi connectivity index (χ2n) is 3.02. The van der Waals surface area contributed by atoms with Gasteiger partial charge in [0.15, 0.2) is 0 Å². The number of nitrogens with one attached hydrogen (secondary N) is 1. The topological polar surface area (TPSA) is 38.0 Å². The van der Waals surface area contributed by atoms with Gasteiger partial charge in [0.2, 0.25) is 0 Å². The molecule has 68 valence electrons. The molecule has 0 aliphatic carbocycles. The smallest absolute Gasteiger partial charge is 0.0899 e. The summed E-state index contributed by atoms with van der Waals surface area (Å²) in [7, 11) is 1.93. The van der Waals surface area contributed by atoms with E-state index in [0.29, 0.717) is 0 Å². The lowest BCUT2D eigenvalue weighted by Crippen LogP contribution is -1.89. The van der Waals surface area contributed by atoms with E-state index in [1.54, 1.807) is 11.3 Å². The van der Waals surface area contributed by atoms with E-state index in [4.69, 9.17) is 5.73 Å². The van der Waals surface area contributed by atoms with E-state index in [9.17, 15) is 0 Å². The first-order chi connectivity index (χ1) is 6.24. The Morgan fingerprint density at radius 3 is 2.85 bits per heavy atom. The van der Waals surface area contributed by atoms with Crippen molar-refractivity contribution in [3.05, 3.63) is 23.8 Å². The summed E-state index contributed by atoms with van der Waals surface area (Å²) in [6, 6.07) is 6.22. The zero-order valence-electron chi connectivity index (χ0n) is 7.72. The third-order valence-corrected chi connectivity index (χ3v) is 3.35. The third kappa shape index (κ3) is 1.16. The number of nitrogens with two attached hydrogens (primary N) is 1. The highest BCUT2D eigenvalue weighted by Crippen LogP contribution is 2.36. The van der Waals surface area contributed by atoms with Gasteiger partial charge in [-0.25, -0.2) is 0 Å². The van der Waals surface area contributed by atoms with Gasteiger partial charge < -0.3 is 11.1 Å². The number of fused-ring (bicyclic) bond motifs is 1. The Bertz CT molecular complexity index is 445. The number of benzene rings is 1. The molecular weight excluding hydrogens is 180 g/mol. The van der Waals surface area contributed by atoms with E-state index < -0.39 is 0 Å².